The Hall–Kier alpha value is -1.77. The van der Waals surface area contributed by atoms with E-state index in [4.69, 9.17) is 4.74 Å². The monoisotopic (exact) mass is 431 g/mol. The molecule has 1 fully saturated rings. The van der Waals surface area contributed by atoms with E-state index in [1.807, 2.05) is 19.1 Å². The summed E-state index contributed by atoms with van der Waals surface area (Å²) in [5.41, 5.74) is 2.26. The zero-order valence-corrected chi connectivity index (χ0v) is 17.7. The Bertz CT molecular complexity index is 816. The van der Waals surface area contributed by atoms with Gasteiger partial charge in [-0.2, -0.15) is 0 Å². The fourth-order valence-electron chi connectivity index (χ4n) is 4.09. The van der Waals surface area contributed by atoms with Crippen molar-refractivity contribution < 1.29 is 14.6 Å². The number of hydrogen-bond acceptors (Lipinski definition) is 3. The van der Waals surface area contributed by atoms with Crippen LogP contribution in [0.25, 0.3) is 5.57 Å². The molecule has 3 rings (SSSR count). The predicted molar refractivity (Wildman–Crippen MR) is 110 cm³/mol. The van der Waals surface area contributed by atoms with Crippen LogP contribution < -0.4 is 5.32 Å². The number of nitrogens with one attached hydrogen (secondary N) is 1. The topological polar surface area (TPSA) is 58.6 Å². The SMILES string of the molecule is CC#Cc1cc(C)c(C2=C(O)C3(CCC(OCCC)CC3)NC2=O)c(Br)c1. The third-order valence-corrected chi connectivity index (χ3v) is 6.05. The van der Waals surface area contributed by atoms with Gasteiger partial charge in [-0.05, 0) is 63.6 Å². The summed E-state index contributed by atoms with van der Waals surface area (Å²) in [4.78, 5) is 12.8. The number of carbonyl (C=O) groups is 1. The lowest BCUT2D eigenvalue weighted by Gasteiger charge is -2.37. The minimum atomic E-state index is -0.660. The molecule has 1 heterocycles. The highest BCUT2D eigenvalue weighted by Gasteiger charge is 2.48. The predicted octanol–water partition coefficient (Wildman–Crippen LogP) is 4.64. The fraction of sp³-hybridized carbons (Fsp3) is 0.500. The van der Waals surface area contributed by atoms with Gasteiger partial charge in [0, 0.05) is 22.2 Å². The van der Waals surface area contributed by atoms with Gasteiger partial charge in [-0.15, -0.1) is 5.92 Å². The molecular formula is C22H26BrNO3. The van der Waals surface area contributed by atoms with Gasteiger partial charge in [-0.25, -0.2) is 0 Å². The van der Waals surface area contributed by atoms with Gasteiger partial charge < -0.3 is 15.2 Å². The molecule has 2 N–H and O–H groups in total. The molecule has 1 spiro atoms. The maximum atomic E-state index is 12.8. The summed E-state index contributed by atoms with van der Waals surface area (Å²) in [5, 5.41) is 14.1. The Balaban J connectivity index is 1.93. The minimum absolute atomic E-state index is 0.166. The summed E-state index contributed by atoms with van der Waals surface area (Å²) >= 11 is 3.57. The third kappa shape index (κ3) is 3.79. The van der Waals surface area contributed by atoms with Gasteiger partial charge in [0.1, 0.15) is 5.76 Å². The number of halogens is 1. The van der Waals surface area contributed by atoms with E-state index in [-0.39, 0.29) is 17.8 Å². The van der Waals surface area contributed by atoms with Crippen LogP contribution in [0.15, 0.2) is 22.4 Å². The molecule has 1 aliphatic carbocycles. The summed E-state index contributed by atoms with van der Waals surface area (Å²) in [7, 11) is 0. The van der Waals surface area contributed by atoms with Crippen molar-refractivity contribution >= 4 is 27.4 Å². The second-order valence-corrected chi connectivity index (χ2v) is 8.21. The summed E-state index contributed by atoms with van der Waals surface area (Å²) in [6.45, 7) is 6.59. The van der Waals surface area contributed by atoms with Gasteiger partial charge in [0.15, 0.2) is 0 Å². The van der Waals surface area contributed by atoms with Gasteiger partial charge in [-0.1, -0.05) is 28.8 Å². The standard InChI is InChI=1S/C22H26BrNO3/c1-4-6-15-12-14(3)18(17(23)13-15)19-20(25)22(24-21(19)26)9-7-16(8-10-22)27-11-5-2/h12-13,16,25H,5,7-11H2,1-3H3,(H,24,26). The summed E-state index contributed by atoms with van der Waals surface area (Å²) < 4.78 is 6.62. The normalized spacial score (nSPS) is 24.7. The molecule has 0 aromatic heterocycles. The number of aryl methyl sites for hydroxylation is 1. The molecule has 144 valence electrons. The zero-order valence-electron chi connectivity index (χ0n) is 16.1. The highest BCUT2D eigenvalue weighted by atomic mass is 79.9. The van der Waals surface area contributed by atoms with Crippen molar-refractivity contribution in [2.45, 2.75) is 64.5 Å². The number of ether oxygens (including phenoxy) is 1. The number of aliphatic hydroxyl groups is 1. The van der Waals surface area contributed by atoms with Gasteiger partial charge in [0.25, 0.3) is 5.91 Å². The van der Waals surface area contributed by atoms with Crippen molar-refractivity contribution in [1.29, 1.82) is 0 Å². The van der Waals surface area contributed by atoms with E-state index in [2.05, 4.69) is 40.0 Å². The fourth-order valence-corrected chi connectivity index (χ4v) is 4.85. The lowest BCUT2D eigenvalue weighted by atomic mass is 9.79. The van der Waals surface area contributed by atoms with Gasteiger partial charge in [0.2, 0.25) is 0 Å². The van der Waals surface area contributed by atoms with E-state index < -0.39 is 5.54 Å². The van der Waals surface area contributed by atoms with Crippen LogP contribution >= 0.6 is 15.9 Å². The van der Waals surface area contributed by atoms with Gasteiger partial charge in [-0.3, -0.25) is 4.79 Å². The van der Waals surface area contributed by atoms with Crippen LogP contribution in [-0.4, -0.2) is 29.3 Å². The summed E-state index contributed by atoms with van der Waals surface area (Å²) in [6.07, 6.45) is 4.27. The molecule has 1 saturated carbocycles. The van der Waals surface area contributed by atoms with Crippen LogP contribution in [0.5, 0.6) is 0 Å². The molecule has 27 heavy (non-hydrogen) atoms. The number of benzene rings is 1. The van der Waals surface area contributed by atoms with Crippen LogP contribution in [0.3, 0.4) is 0 Å². The molecule has 5 heteroatoms. The first kappa shape index (κ1) is 20.0. The number of aliphatic hydroxyl groups excluding tert-OH is 1. The third-order valence-electron chi connectivity index (χ3n) is 5.42. The summed E-state index contributed by atoms with van der Waals surface area (Å²) in [6, 6.07) is 3.84. The van der Waals surface area contributed by atoms with E-state index in [0.717, 1.165) is 47.0 Å². The van der Waals surface area contributed by atoms with Crippen LogP contribution in [-0.2, 0) is 9.53 Å². The van der Waals surface area contributed by atoms with Crippen LogP contribution in [0.2, 0.25) is 0 Å². The average molecular weight is 432 g/mol. The van der Waals surface area contributed by atoms with Crippen molar-refractivity contribution in [1.82, 2.24) is 5.32 Å². The van der Waals surface area contributed by atoms with E-state index in [1.165, 1.54) is 0 Å². The van der Waals surface area contributed by atoms with Crippen LogP contribution in [0.4, 0.5) is 0 Å². The maximum Gasteiger partial charge on any atom is 0.256 e. The van der Waals surface area contributed by atoms with Crippen molar-refractivity contribution in [2.75, 3.05) is 6.61 Å². The van der Waals surface area contributed by atoms with E-state index in [9.17, 15) is 9.90 Å². The lowest BCUT2D eigenvalue weighted by Crippen LogP contribution is -2.48. The number of carbonyl (C=O) groups excluding carboxylic acids is 1. The van der Waals surface area contributed by atoms with E-state index >= 15 is 0 Å². The molecule has 1 amide bonds. The molecule has 2 aliphatic rings. The molecule has 0 atom stereocenters. The van der Waals surface area contributed by atoms with E-state index in [1.54, 1.807) is 6.92 Å². The van der Waals surface area contributed by atoms with Crippen molar-refractivity contribution in [3.05, 3.63) is 39.1 Å². The first-order valence-corrected chi connectivity index (χ1v) is 10.3. The Labute approximate surface area is 169 Å². The first-order valence-electron chi connectivity index (χ1n) is 9.53. The molecule has 0 unspecified atom stereocenters. The van der Waals surface area contributed by atoms with Crippen molar-refractivity contribution in [3.8, 4) is 11.8 Å². The Morgan fingerprint density at radius 3 is 2.67 bits per heavy atom. The zero-order chi connectivity index (χ0) is 19.6. The van der Waals surface area contributed by atoms with Crippen molar-refractivity contribution in [2.24, 2.45) is 0 Å². The van der Waals surface area contributed by atoms with Gasteiger partial charge in [0.05, 0.1) is 17.2 Å². The quantitative estimate of drug-likeness (QED) is 0.682. The van der Waals surface area contributed by atoms with E-state index in [0.29, 0.717) is 18.4 Å². The molecule has 1 aromatic rings. The lowest BCUT2D eigenvalue weighted by molar-refractivity contribution is -0.116. The molecule has 0 saturated heterocycles. The average Bonchev–Trinajstić information content (AvgIpc) is 2.85. The molecule has 0 bridgehead atoms. The maximum absolute atomic E-state index is 12.8. The van der Waals surface area contributed by atoms with Crippen LogP contribution in [0, 0.1) is 18.8 Å². The molecular weight excluding hydrogens is 406 g/mol. The largest absolute Gasteiger partial charge is 0.509 e. The van der Waals surface area contributed by atoms with Crippen molar-refractivity contribution in [3.63, 3.8) is 0 Å². The Morgan fingerprint density at radius 2 is 2.07 bits per heavy atom. The second-order valence-electron chi connectivity index (χ2n) is 7.35. The Morgan fingerprint density at radius 1 is 1.37 bits per heavy atom. The highest BCUT2D eigenvalue weighted by Crippen LogP contribution is 2.44. The molecule has 4 nitrogen and oxygen atoms in total. The minimum Gasteiger partial charge on any atom is -0.509 e. The number of hydrogen-bond donors (Lipinski definition) is 2. The smallest absolute Gasteiger partial charge is 0.256 e. The summed E-state index contributed by atoms with van der Waals surface area (Å²) in [5.74, 6) is 5.88. The van der Waals surface area contributed by atoms with Gasteiger partial charge >= 0.3 is 0 Å². The molecule has 0 radical (unpaired) electrons. The number of rotatable bonds is 4. The molecule has 1 aromatic carbocycles. The van der Waals surface area contributed by atoms with Crippen LogP contribution in [0.1, 0.15) is 62.6 Å². The second kappa shape index (κ2) is 8.08. The molecule has 1 aliphatic heterocycles. The Kier molecular flexibility index (Phi) is 5.98. The number of amides is 1. The first-order chi connectivity index (χ1) is 12.9. The highest BCUT2D eigenvalue weighted by molar-refractivity contribution is 9.10.